The van der Waals surface area contributed by atoms with Crippen molar-refractivity contribution in [3.8, 4) is 16.9 Å². The van der Waals surface area contributed by atoms with Crippen LogP contribution in [0.1, 0.15) is 34.5 Å². The molecule has 0 aromatic heterocycles. The second-order valence-electron chi connectivity index (χ2n) is 8.32. The third-order valence-electron chi connectivity index (χ3n) is 5.85. The molecule has 8 nitrogen and oxygen atoms in total. The number of ether oxygens (including phenoxy) is 1. The number of rotatable bonds is 8. The van der Waals surface area contributed by atoms with Crippen molar-refractivity contribution in [3.05, 3.63) is 83.4 Å². The van der Waals surface area contributed by atoms with Crippen LogP contribution < -0.4 is 10.5 Å². The zero-order valence-corrected chi connectivity index (χ0v) is 20.9. The Balaban J connectivity index is 0.000000223. The smallest absolute Gasteiger partial charge is 0.335 e. The van der Waals surface area contributed by atoms with Gasteiger partial charge in [-0.1, -0.05) is 30.3 Å². The summed E-state index contributed by atoms with van der Waals surface area (Å²) in [6.45, 7) is 6.21. The topological polar surface area (TPSA) is 125 Å². The summed E-state index contributed by atoms with van der Waals surface area (Å²) in [5.41, 5.74) is 4.18. The van der Waals surface area contributed by atoms with Crippen molar-refractivity contribution in [1.29, 1.82) is 0 Å². The van der Waals surface area contributed by atoms with Crippen LogP contribution in [-0.4, -0.2) is 53.8 Å². The number of hydrogen-bond acceptors (Lipinski definition) is 7. The number of hydrogen-bond donors (Lipinski definition) is 4. The van der Waals surface area contributed by atoms with Gasteiger partial charge in [0.1, 0.15) is 5.75 Å². The number of benzene rings is 3. The van der Waals surface area contributed by atoms with Gasteiger partial charge in [0.25, 0.3) is 0 Å². The van der Waals surface area contributed by atoms with Gasteiger partial charge in [-0.15, -0.1) is 0 Å². The van der Waals surface area contributed by atoms with E-state index in [1.807, 2.05) is 37.3 Å². The molecule has 1 aliphatic heterocycles. The van der Waals surface area contributed by atoms with Crippen LogP contribution in [-0.2, 0) is 16.1 Å². The number of carbonyl (C=O) groups is 2. The maximum atomic E-state index is 10.5. The number of carboxylic acid groups (broad SMARTS) is 1. The van der Waals surface area contributed by atoms with Crippen molar-refractivity contribution in [2.24, 2.45) is 5.14 Å². The van der Waals surface area contributed by atoms with Crippen LogP contribution >= 0.6 is 11.9 Å². The summed E-state index contributed by atoms with van der Waals surface area (Å²) in [5, 5.41) is 26.9. The first kappa shape index (κ1) is 27.2. The van der Waals surface area contributed by atoms with E-state index >= 15 is 0 Å². The summed E-state index contributed by atoms with van der Waals surface area (Å²) in [4.78, 5) is 24.1. The summed E-state index contributed by atoms with van der Waals surface area (Å²) in [5.74, 6) is -0.647. The van der Waals surface area contributed by atoms with E-state index in [1.165, 1.54) is 29.6 Å². The molecule has 4 rings (SSSR count). The van der Waals surface area contributed by atoms with Crippen LogP contribution in [0.15, 0.2) is 71.6 Å². The highest BCUT2D eigenvalue weighted by atomic mass is 32.2. The van der Waals surface area contributed by atoms with Crippen molar-refractivity contribution in [3.63, 3.8) is 0 Å². The SMILES string of the molecule is CC(NC=O)c1ccc(C(=O)O)cc1.NSc1ccc(-c2cc(CN3CCOCC3)ccc2O)cc1. The maximum absolute atomic E-state index is 10.5. The standard InChI is InChI=1S/C17H20N2O2S.C10H11NO3/c18-22-15-4-2-14(3-5-15)16-11-13(1-6-17(16)20)12-19-7-9-21-10-8-19;1-7(11-6-12)8-2-4-9(5-3-8)10(13)14/h1-6,11,20H,7-10,12,18H2;2-7H,1H3,(H,11,12)(H,13,14). The summed E-state index contributed by atoms with van der Waals surface area (Å²) < 4.78 is 5.38. The van der Waals surface area contributed by atoms with Gasteiger partial charge in [0.05, 0.1) is 24.8 Å². The monoisotopic (exact) mass is 509 g/mol. The predicted molar refractivity (Wildman–Crippen MR) is 141 cm³/mol. The largest absolute Gasteiger partial charge is 0.507 e. The zero-order chi connectivity index (χ0) is 25.9. The van der Waals surface area contributed by atoms with E-state index in [9.17, 15) is 14.7 Å². The molecule has 3 aromatic carbocycles. The number of nitrogens with one attached hydrogen (secondary N) is 1. The summed E-state index contributed by atoms with van der Waals surface area (Å²) in [6, 6.07) is 20.0. The molecule has 9 heteroatoms. The Morgan fingerprint density at radius 1 is 1.11 bits per heavy atom. The number of aromatic carboxylic acids is 1. The molecule has 36 heavy (non-hydrogen) atoms. The molecule has 0 saturated carbocycles. The van der Waals surface area contributed by atoms with Crippen LogP contribution in [0.4, 0.5) is 0 Å². The van der Waals surface area contributed by atoms with Crippen molar-refractivity contribution in [2.45, 2.75) is 24.4 Å². The first-order valence-corrected chi connectivity index (χ1v) is 12.4. The third-order valence-corrected chi connectivity index (χ3v) is 6.39. The van der Waals surface area contributed by atoms with Gasteiger partial charge in [-0.25, -0.2) is 4.79 Å². The fourth-order valence-electron chi connectivity index (χ4n) is 3.76. The minimum absolute atomic E-state index is 0.102. The maximum Gasteiger partial charge on any atom is 0.335 e. The first-order valence-electron chi connectivity index (χ1n) is 11.5. The van der Waals surface area contributed by atoms with Gasteiger partial charge >= 0.3 is 5.97 Å². The van der Waals surface area contributed by atoms with Crippen molar-refractivity contribution in [2.75, 3.05) is 26.3 Å². The molecule has 1 atom stereocenters. The van der Waals surface area contributed by atoms with Gasteiger partial charge in [-0.3, -0.25) is 14.8 Å². The van der Waals surface area contributed by atoms with E-state index in [-0.39, 0.29) is 11.6 Å². The molecule has 1 amide bonds. The summed E-state index contributed by atoms with van der Waals surface area (Å²) in [6.07, 6.45) is 0.621. The van der Waals surface area contributed by atoms with E-state index in [4.69, 9.17) is 15.0 Å². The average Bonchev–Trinajstić information content (AvgIpc) is 2.91. The van der Waals surface area contributed by atoms with Crippen LogP contribution in [0.25, 0.3) is 11.1 Å². The number of phenols is 1. The lowest BCUT2D eigenvalue weighted by Crippen LogP contribution is -2.35. The summed E-state index contributed by atoms with van der Waals surface area (Å²) >= 11 is 1.22. The molecule has 5 N–H and O–H groups in total. The van der Waals surface area contributed by atoms with Gasteiger partial charge in [0, 0.05) is 30.1 Å². The lowest BCUT2D eigenvalue weighted by molar-refractivity contribution is -0.110. The van der Waals surface area contributed by atoms with Crippen molar-refractivity contribution >= 4 is 24.3 Å². The van der Waals surface area contributed by atoms with Gasteiger partial charge in [-0.2, -0.15) is 0 Å². The second-order valence-corrected chi connectivity index (χ2v) is 9.02. The number of nitrogens with zero attached hydrogens (tertiary/aromatic N) is 1. The molecule has 190 valence electrons. The minimum atomic E-state index is -0.951. The quantitative estimate of drug-likeness (QED) is 0.265. The highest BCUT2D eigenvalue weighted by Crippen LogP contribution is 2.31. The van der Waals surface area contributed by atoms with Gasteiger partial charge in [0.2, 0.25) is 6.41 Å². The van der Waals surface area contributed by atoms with E-state index < -0.39 is 5.97 Å². The minimum Gasteiger partial charge on any atom is -0.507 e. The second kappa shape index (κ2) is 13.6. The zero-order valence-electron chi connectivity index (χ0n) is 20.1. The van der Waals surface area contributed by atoms with Crippen molar-refractivity contribution < 1.29 is 24.5 Å². The fraction of sp³-hybridized carbons (Fsp3) is 0.259. The Morgan fingerprint density at radius 2 is 1.78 bits per heavy atom. The molecular formula is C27H31N3O5S. The summed E-state index contributed by atoms with van der Waals surface area (Å²) in [7, 11) is 0. The Labute approximate surface area is 215 Å². The molecule has 0 spiro atoms. The number of nitrogens with two attached hydrogens (primary N) is 1. The average molecular weight is 510 g/mol. The molecule has 1 heterocycles. The molecule has 1 saturated heterocycles. The van der Waals surface area contributed by atoms with Gasteiger partial charge in [-0.05, 0) is 72.0 Å². The lowest BCUT2D eigenvalue weighted by Gasteiger charge is -2.26. The Kier molecular flexibility index (Phi) is 10.3. The molecule has 0 bridgehead atoms. The van der Waals surface area contributed by atoms with Crippen molar-refractivity contribution in [1.82, 2.24) is 10.2 Å². The van der Waals surface area contributed by atoms with Crippen LogP contribution in [0, 0.1) is 0 Å². The van der Waals surface area contributed by atoms with Gasteiger partial charge < -0.3 is 20.3 Å². The van der Waals surface area contributed by atoms with E-state index in [0.717, 1.165) is 54.4 Å². The predicted octanol–water partition coefficient (Wildman–Crippen LogP) is 4.05. The number of carbonyl (C=O) groups excluding carboxylic acids is 1. The Hall–Kier alpha value is -3.37. The Morgan fingerprint density at radius 3 is 2.36 bits per heavy atom. The third kappa shape index (κ3) is 7.82. The molecule has 1 unspecified atom stereocenters. The normalized spacial score (nSPS) is 14.3. The van der Waals surface area contributed by atoms with E-state index in [1.54, 1.807) is 18.2 Å². The number of morpholine rings is 1. The first-order chi connectivity index (χ1) is 17.4. The van der Waals surface area contributed by atoms with Crippen LogP contribution in [0.3, 0.4) is 0 Å². The van der Waals surface area contributed by atoms with E-state index in [2.05, 4.69) is 16.3 Å². The number of carboxylic acids is 1. The molecular weight excluding hydrogens is 478 g/mol. The highest BCUT2D eigenvalue weighted by molar-refractivity contribution is 7.97. The number of aromatic hydroxyl groups is 1. The van der Waals surface area contributed by atoms with Crippen LogP contribution in [0.2, 0.25) is 0 Å². The fourth-order valence-corrected chi connectivity index (χ4v) is 4.05. The van der Waals surface area contributed by atoms with Gasteiger partial charge in [0.15, 0.2) is 0 Å². The molecule has 1 aliphatic rings. The molecule has 3 aromatic rings. The molecule has 0 aliphatic carbocycles. The molecule has 1 fully saturated rings. The van der Waals surface area contributed by atoms with E-state index in [0.29, 0.717) is 12.2 Å². The number of amides is 1. The Bertz CT molecular complexity index is 1130. The van der Waals surface area contributed by atoms with Crippen LogP contribution in [0.5, 0.6) is 5.75 Å². The number of phenolic OH excluding ortho intramolecular Hbond substituents is 1. The molecule has 0 radical (unpaired) electrons. The lowest BCUT2D eigenvalue weighted by atomic mass is 10.0. The highest BCUT2D eigenvalue weighted by Gasteiger charge is 2.12.